The molecule has 2 N–H and O–H groups in total. The predicted molar refractivity (Wildman–Crippen MR) is 88.9 cm³/mol. The maximum Gasteiger partial charge on any atom is 0.330 e. The van der Waals surface area contributed by atoms with Gasteiger partial charge in [0.2, 0.25) is 0 Å². The summed E-state index contributed by atoms with van der Waals surface area (Å²) in [6.45, 7) is 0.709. The van der Waals surface area contributed by atoms with Crippen LogP contribution in [0.15, 0.2) is 54.6 Å². The van der Waals surface area contributed by atoms with E-state index in [9.17, 15) is 14.7 Å². The van der Waals surface area contributed by atoms with Crippen LogP contribution in [-0.2, 0) is 4.79 Å². The number of rotatable bonds is 7. The monoisotopic (exact) mass is 325 g/mol. The van der Waals surface area contributed by atoms with Gasteiger partial charge in [-0.2, -0.15) is 0 Å². The molecule has 5 nitrogen and oxygen atoms in total. The number of hydrogen-bond donors (Lipinski definition) is 2. The molecule has 5 heteroatoms. The van der Waals surface area contributed by atoms with Crippen molar-refractivity contribution in [3.8, 4) is 5.75 Å². The zero-order valence-corrected chi connectivity index (χ0v) is 13.1. The molecule has 0 saturated heterocycles. The van der Waals surface area contributed by atoms with Crippen molar-refractivity contribution in [2.45, 2.75) is 18.9 Å². The topological polar surface area (TPSA) is 75.6 Å². The Morgan fingerprint density at radius 3 is 2.33 bits per heavy atom. The van der Waals surface area contributed by atoms with Crippen molar-refractivity contribution in [1.29, 1.82) is 0 Å². The second-order valence-electron chi connectivity index (χ2n) is 5.93. The average Bonchev–Trinajstić information content (AvgIpc) is 3.43. The van der Waals surface area contributed by atoms with Crippen LogP contribution in [0.4, 0.5) is 0 Å². The van der Waals surface area contributed by atoms with Gasteiger partial charge in [0.05, 0.1) is 6.61 Å². The Bertz CT molecular complexity index is 708. The highest BCUT2D eigenvalue weighted by Crippen LogP contribution is 2.29. The lowest BCUT2D eigenvalue weighted by Crippen LogP contribution is -2.33. The summed E-state index contributed by atoms with van der Waals surface area (Å²) in [4.78, 5) is 23.7. The van der Waals surface area contributed by atoms with E-state index in [0.717, 1.165) is 5.75 Å². The van der Waals surface area contributed by atoms with Crippen LogP contribution < -0.4 is 10.1 Å². The minimum Gasteiger partial charge on any atom is -0.493 e. The fraction of sp³-hybridized carbons (Fsp3) is 0.263. The first-order valence-corrected chi connectivity index (χ1v) is 7.95. The van der Waals surface area contributed by atoms with Crippen LogP contribution in [-0.4, -0.2) is 23.6 Å². The number of benzene rings is 2. The molecule has 0 radical (unpaired) electrons. The van der Waals surface area contributed by atoms with Gasteiger partial charge in [0.25, 0.3) is 5.91 Å². The van der Waals surface area contributed by atoms with Crippen molar-refractivity contribution >= 4 is 11.9 Å². The number of carboxylic acids is 1. The molecule has 2 aromatic rings. The molecule has 1 atom stereocenters. The van der Waals surface area contributed by atoms with Crippen molar-refractivity contribution in [1.82, 2.24) is 5.32 Å². The molecule has 2 aromatic carbocycles. The Morgan fingerprint density at radius 2 is 1.75 bits per heavy atom. The smallest absolute Gasteiger partial charge is 0.330 e. The number of aliphatic carboxylic acids is 1. The molecular formula is C19H19NO4. The summed E-state index contributed by atoms with van der Waals surface area (Å²) in [7, 11) is 0. The minimum atomic E-state index is -1.10. The largest absolute Gasteiger partial charge is 0.493 e. The van der Waals surface area contributed by atoms with Gasteiger partial charge in [-0.15, -0.1) is 0 Å². The molecule has 0 unspecified atom stereocenters. The van der Waals surface area contributed by atoms with Gasteiger partial charge in [0, 0.05) is 5.56 Å². The second-order valence-corrected chi connectivity index (χ2v) is 5.93. The minimum absolute atomic E-state index is 0.399. The van der Waals surface area contributed by atoms with Crippen molar-refractivity contribution in [2.75, 3.05) is 6.61 Å². The number of carboxylic acid groups (broad SMARTS) is 1. The maximum atomic E-state index is 12.3. The highest BCUT2D eigenvalue weighted by atomic mass is 16.5. The van der Waals surface area contributed by atoms with Gasteiger partial charge in [0.1, 0.15) is 5.75 Å². The van der Waals surface area contributed by atoms with E-state index < -0.39 is 17.9 Å². The third-order valence-corrected chi connectivity index (χ3v) is 3.95. The van der Waals surface area contributed by atoms with Gasteiger partial charge >= 0.3 is 5.97 Å². The molecule has 0 aliphatic heterocycles. The molecule has 1 aliphatic rings. The maximum absolute atomic E-state index is 12.3. The predicted octanol–water partition coefficient (Wildman–Crippen LogP) is 3.03. The average molecular weight is 325 g/mol. The molecule has 0 aromatic heterocycles. The van der Waals surface area contributed by atoms with E-state index in [4.69, 9.17) is 4.74 Å². The molecule has 1 saturated carbocycles. The number of carbonyl (C=O) groups excluding carboxylic acids is 1. The Hall–Kier alpha value is -2.82. The summed E-state index contributed by atoms with van der Waals surface area (Å²) in [6.07, 6.45) is 2.44. The molecule has 0 bridgehead atoms. The SMILES string of the molecule is O=C(N[C@@H](C(=O)O)c1ccccc1)c1ccc(OCC2CC2)cc1. The summed E-state index contributed by atoms with van der Waals surface area (Å²) >= 11 is 0. The Morgan fingerprint density at radius 1 is 1.08 bits per heavy atom. The van der Waals surface area contributed by atoms with E-state index >= 15 is 0 Å². The fourth-order valence-electron chi connectivity index (χ4n) is 2.35. The van der Waals surface area contributed by atoms with E-state index in [2.05, 4.69) is 5.32 Å². The van der Waals surface area contributed by atoms with Crippen LogP contribution in [0.3, 0.4) is 0 Å². The third-order valence-electron chi connectivity index (χ3n) is 3.95. The van der Waals surface area contributed by atoms with Gasteiger partial charge in [-0.1, -0.05) is 30.3 Å². The number of hydrogen-bond acceptors (Lipinski definition) is 3. The molecular weight excluding hydrogens is 306 g/mol. The first-order chi connectivity index (χ1) is 11.6. The van der Waals surface area contributed by atoms with Gasteiger partial charge in [0.15, 0.2) is 6.04 Å². The Balaban J connectivity index is 1.65. The highest BCUT2D eigenvalue weighted by molar-refractivity contribution is 5.96. The highest BCUT2D eigenvalue weighted by Gasteiger charge is 2.23. The van der Waals surface area contributed by atoms with Crippen LogP contribution in [0.1, 0.15) is 34.8 Å². The van der Waals surface area contributed by atoms with Gasteiger partial charge in [-0.05, 0) is 48.6 Å². The summed E-state index contributed by atoms with van der Waals surface area (Å²) in [5.41, 5.74) is 0.929. The molecule has 3 rings (SSSR count). The van der Waals surface area contributed by atoms with E-state index in [1.54, 1.807) is 54.6 Å². The molecule has 124 valence electrons. The Kier molecular flexibility index (Phi) is 4.79. The van der Waals surface area contributed by atoms with Gasteiger partial charge in [-0.3, -0.25) is 4.79 Å². The lowest BCUT2D eigenvalue weighted by Gasteiger charge is -2.15. The van der Waals surface area contributed by atoms with Crippen molar-refractivity contribution in [2.24, 2.45) is 5.92 Å². The summed E-state index contributed by atoms with van der Waals surface area (Å²) < 4.78 is 5.63. The number of carbonyl (C=O) groups is 2. The van der Waals surface area contributed by atoms with E-state index in [1.807, 2.05) is 0 Å². The number of ether oxygens (including phenoxy) is 1. The lowest BCUT2D eigenvalue weighted by atomic mass is 10.1. The van der Waals surface area contributed by atoms with Crippen molar-refractivity contribution in [3.05, 3.63) is 65.7 Å². The fourth-order valence-corrected chi connectivity index (χ4v) is 2.35. The van der Waals surface area contributed by atoms with Gasteiger partial charge in [-0.25, -0.2) is 4.79 Å². The quantitative estimate of drug-likeness (QED) is 0.820. The first kappa shape index (κ1) is 16.1. The summed E-state index contributed by atoms with van der Waals surface area (Å²) in [6, 6.07) is 14.3. The van der Waals surface area contributed by atoms with E-state index in [0.29, 0.717) is 23.7 Å². The summed E-state index contributed by atoms with van der Waals surface area (Å²) in [5, 5.41) is 11.9. The van der Waals surface area contributed by atoms with E-state index in [-0.39, 0.29) is 0 Å². The molecule has 1 fully saturated rings. The normalized spacial score (nSPS) is 14.7. The first-order valence-electron chi connectivity index (χ1n) is 7.95. The lowest BCUT2D eigenvalue weighted by molar-refractivity contribution is -0.139. The zero-order chi connectivity index (χ0) is 16.9. The van der Waals surface area contributed by atoms with E-state index in [1.165, 1.54) is 12.8 Å². The summed E-state index contributed by atoms with van der Waals surface area (Å²) in [5.74, 6) is -0.148. The van der Waals surface area contributed by atoms with Gasteiger partial charge < -0.3 is 15.2 Å². The number of nitrogens with one attached hydrogen (secondary N) is 1. The molecule has 24 heavy (non-hydrogen) atoms. The van der Waals surface area contributed by atoms with Crippen molar-refractivity contribution in [3.63, 3.8) is 0 Å². The van der Waals surface area contributed by atoms with Crippen molar-refractivity contribution < 1.29 is 19.4 Å². The second kappa shape index (κ2) is 7.17. The standard InChI is InChI=1S/C19H19NO4/c21-18(20-17(19(22)23)14-4-2-1-3-5-14)15-8-10-16(11-9-15)24-12-13-6-7-13/h1-5,8-11,13,17H,6-7,12H2,(H,20,21)(H,22,23)/t17-/m1/s1. The molecule has 0 heterocycles. The third kappa shape index (κ3) is 4.13. The zero-order valence-electron chi connectivity index (χ0n) is 13.1. The van der Waals surface area contributed by atoms with Crippen LogP contribution in [0.25, 0.3) is 0 Å². The van der Waals surface area contributed by atoms with Crippen LogP contribution in [0.2, 0.25) is 0 Å². The molecule has 0 spiro atoms. The van der Waals surface area contributed by atoms with Crippen LogP contribution >= 0.6 is 0 Å². The van der Waals surface area contributed by atoms with Crippen LogP contribution in [0, 0.1) is 5.92 Å². The molecule has 1 aliphatic carbocycles. The Labute approximate surface area is 140 Å². The number of amides is 1. The van der Waals surface area contributed by atoms with Crippen LogP contribution in [0.5, 0.6) is 5.75 Å². The molecule has 1 amide bonds.